The van der Waals surface area contributed by atoms with Gasteiger partial charge in [-0.15, -0.1) is 0 Å². The number of aryl methyl sites for hydroxylation is 2. The van der Waals surface area contributed by atoms with E-state index in [-0.39, 0.29) is 11.8 Å². The van der Waals surface area contributed by atoms with Crippen molar-refractivity contribution >= 4 is 17.2 Å². The number of benzene rings is 2. The van der Waals surface area contributed by atoms with E-state index in [4.69, 9.17) is 0 Å². The number of anilines is 2. The third kappa shape index (κ3) is 2.50. The second kappa shape index (κ2) is 5.82. The van der Waals surface area contributed by atoms with E-state index in [1.165, 1.54) is 11.1 Å². The Morgan fingerprint density at radius 3 is 2.42 bits per heavy atom. The van der Waals surface area contributed by atoms with Gasteiger partial charge in [-0.25, -0.2) is 0 Å². The molecule has 1 heterocycles. The van der Waals surface area contributed by atoms with Gasteiger partial charge in [-0.1, -0.05) is 30.3 Å². The predicted octanol–water partition coefficient (Wildman–Crippen LogP) is 4.89. The van der Waals surface area contributed by atoms with Gasteiger partial charge in [0.1, 0.15) is 0 Å². The highest BCUT2D eigenvalue weighted by Crippen LogP contribution is 2.41. The van der Waals surface area contributed by atoms with Crippen LogP contribution in [0.4, 0.5) is 11.4 Å². The number of carbonyl (C=O) groups is 1. The molecule has 2 N–H and O–H groups in total. The van der Waals surface area contributed by atoms with Crippen LogP contribution in [-0.4, -0.2) is 5.78 Å². The first-order chi connectivity index (χ1) is 11.6. The lowest BCUT2D eigenvalue weighted by Gasteiger charge is -2.25. The van der Waals surface area contributed by atoms with Crippen LogP contribution in [0, 0.1) is 13.8 Å². The summed E-state index contributed by atoms with van der Waals surface area (Å²) in [6.07, 6.45) is 2.49. The van der Waals surface area contributed by atoms with Gasteiger partial charge in [-0.3, -0.25) is 4.79 Å². The fourth-order valence-electron chi connectivity index (χ4n) is 3.65. The van der Waals surface area contributed by atoms with Crippen molar-refractivity contribution in [3.8, 4) is 0 Å². The molecule has 2 aromatic rings. The van der Waals surface area contributed by atoms with Gasteiger partial charge in [0.25, 0.3) is 0 Å². The summed E-state index contributed by atoms with van der Waals surface area (Å²) in [6.45, 7) is 4.25. The van der Waals surface area contributed by atoms with E-state index in [9.17, 15) is 4.79 Å². The number of hydrogen-bond donors (Lipinski definition) is 2. The van der Waals surface area contributed by atoms with Crippen LogP contribution in [0.5, 0.6) is 0 Å². The minimum Gasteiger partial charge on any atom is -0.372 e. The standard InChI is InChI=1S/C21H22N2O/c1-13-11-17-18(12-14(13)2)23-21(15-7-4-3-5-8-15)20-16(22-17)9-6-10-19(20)24/h3-5,7-8,11-12,21-23H,6,9-10H2,1-2H3/t21-/m1/s1. The van der Waals surface area contributed by atoms with Crippen molar-refractivity contribution in [2.24, 2.45) is 0 Å². The number of rotatable bonds is 1. The van der Waals surface area contributed by atoms with Crippen molar-refractivity contribution in [1.82, 2.24) is 0 Å². The first-order valence-electron chi connectivity index (χ1n) is 8.59. The van der Waals surface area contributed by atoms with Crippen LogP contribution in [0.25, 0.3) is 0 Å². The summed E-state index contributed by atoms with van der Waals surface area (Å²) in [4.78, 5) is 12.7. The molecule has 0 radical (unpaired) electrons. The van der Waals surface area contributed by atoms with Crippen LogP contribution < -0.4 is 10.6 Å². The number of nitrogens with one attached hydrogen (secondary N) is 2. The first kappa shape index (κ1) is 15.0. The summed E-state index contributed by atoms with van der Waals surface area (Å²) >= 11 is 0. The Hall–Kier alpha value is -2.55. The van der Waals surface area contributed by atoms with Gasteiger partial charge in [0.05, 0.1) is 17.4 Å². The Balaban J connectivity index is 1.89. The maximum atomic E-state index is 12.7. The molecule has 0 fully saturated rings. The number of fused-ring (bicyclic) bond motifs is 1. The molecule has 0 unspecified atom stereocenters. The summed E-state index contributed by atoms with van der Waals surface area (Å²) in [5.41, 5.74) is 7.75. The van der Waals surface area contributed by atoms with Crippen molar-refractivity contribution in [1.29, 1.82) is 0 Å². The van der Waals surface area contributed by atoms with Crippen molar-refractivity contribution in [2.75, 3.05) is 10.6 Å². The molecule has 4 rings (SSSR count). The lowest BCUT2D eigenvalue weighted by Crippen LogP contribution is -2.23. The summed E-state index contributed by atoms with van der Waals surface area (Å²) in [6, 6.07) is 14.5. The van der Waals surface area contributed by atoms with Gasteiger partial charge < -0.3 is 10.6 Å². The molecule has 3 heteroatoms. The van der Waals surface area contributed by atoms with Gasteiger partial charge in [-0.05, 0) is 55.5 Å². The topological polar surface area (TPSA) is 41.1 Å². The Morgan fingerprint density at radius 1 is 0.958 bits per heavy atom. The van der Waals surface area contributed by atoms with E-state index in [2.05, 4.69) is 48.7 Å². The average molecular weight is 318 g/mol. The predicted molar refractivity (Wildman–Crippen MR) is 98.2 cm³/mol. The summed E-state index contributed by atoms with van der Waals surface area (Å²) in [7, 11) is 0. The SMILES string of the molecule is Cc1cc2c(cc1C)N[C@H](c1ccccc1)C1=C(CCCC1=O)N2. The van der Waals surface area contributed by atoms with E-state index < -0.39 is 0 Å². The van der Waals surface area contributed by atoms with Crippen LogP contribution in [-0.2, 0) is 4.79 Å². The molecule has 0 aromatic heterocycles. The Labute approximate surface area is 142 Å². The molecule has 122 valence electrons. The zero-order valence-corrected chi connectivity index (χ0v) is 14.1. The highest BCUT2D eigenvalue weighted by atomic mass is 16.1. The molecule has 24 heavy (non-hydrogen) atoms. The molecular weight excluding hydrogens is 296 g/mol. The summed E-state index contributed by atoms with van der Waals surface area (Å²) in [5.74, 6) is 0.256. The third-order valence-electron chi connectivity index (χ3n) is 5.10. The smallest absolute Gasteiger partial charge is 0.163 e. The van der Waals surface area contributed by atoms with Gasteiger partial charge in [-0.2, -0.15) is 0 Å². The fourth-order valence-corrected chi connectivity index (χ4v) is 3.65. The molecule has 0 bridgehead atoms. The number of allylic oxidation sites excluding steroid dienone is 1. The van der Waals surface area contributed by atoms with Gasteiger partial charge in [0.2, 0.25) is 0 Å². The minimum absolute atomic E-state index is 0.0927. The number of ketones is 1. The Kier molecular flexibility index (Phi) is 3.64. The van der Waals surface area contributed by atoms with Gasteiger partial charge in [0.15, 0.2) is 5.78 Å². The summed E-state index contributed by atoms with van der Waals surface area (Å²) in [5, 5.41) is 7.19. The Morgan fingerprint density at radius 2 is 1.67 bits per heavy atom. The molecule has 2 aliphatic rings. The zero-order chi connectivity index (χ0) is 16.7. The molecule has 3 nitrogen and oxygen atoms in total. The highest BCUT2D eigenvalue weighted by molar-refractivity contribution is 6.00. The quantitative estimate of drug-likeness (QED) is 0.786. The molecular formula is C21H22N2O. The van der Waals surface area contributed by atoms with Crippen molar-refractivity contribution in [3.05, 3.63) is 70.4 Å². The number of Topliss-reactive ketones (excluding diaryl/α,β-unsaturated/α-hetero) is 1. The fraction of sp³-hybridized carbons (Fsp3) is 0.286. The minimum atomic E-state index is -0.0927. The van der Waals surface area contributed by atoms with Crippen LogP contribution >= 0.6 is 0 Å². The van der Waals surface area contributed by atoms with E-state index in [0.717, 1.165) is 41.1 Å². The molecule has 0 spiro atoms. The van der Waals surface area contributed by atoms with Crippen LogP contribution in [0.15, 0.2) is 53.7 Å². The van der Waals surface area contributed by atoms with E-state index in [1.807, 2.05) is 18.2 Å². The molecule has 2 aromatic carbocycles. The molecule has 1 atom stereocenters. The lowest BCUT2D eigenvalue weighted by atomic mass is 9.87. The Bertz CT molecular complexity index is 836. The van der Waals surface area contributed by atoms with Crippen molar-refractivity contribution in [3.63, 3.8) is 0 Å². The second-order valence-electron chi connectivity index (χ2n) is 6.76. The summed E-state index contributed by atoms with van der Waals surface area (Å²) < 4.78 is 0. The van der Waals surface area contributed by atoms with Gasteiger partial charge >= 0.3 is 0 Å². The normalized spacial score (nSPS) is 19.8. The molecule has 0 saturated carbocycles. The van der Waals surface area contributed by atoms with E-state index in [1.54, 1.807) is 0 Å². The van der Waals surface area contributed by atoms with Gasteiger partial charge in [0, 0.05) is 17.7 Å². The monoisotopic (exact) mass is 318 g/mol. The lowest BCUT2D eigenvalue weighted by molar-refractivity contribution is -0.116. The number of hydrogen-bond acceptors (Lipinski definition) is 3. The van der Waals surface area contributed by atoms with E-state index in [0.29, 0.717) is 6.42 Å². The molecule has 1 aliphatic heterocycles. The molecule has 0 saturated heterocycles. The average Bonchev–Trinajstić information content (AvgIpc) is 2.74. The maximum Gasteiger partial charge on any atom is 0.163 e. The van der Waals surface area contributed by atoms with Crippen LogP contribution in [0.2, 0.25) is 0 Å². The molecule has 0 amide bonds. The number of carbonyl (C=O) groups excluding carboxylic acids is 1. The van der Waals surface area contributed by atoms with Crippen LogP contribution in [0.1, 0.15) is 42.0 Å². The molecule has 1 aliphatic carbocycles. The van der Waals surface area contributed by atoms with Crippen LogP contribution in [0.3, 0.4) is 0 Å². The third-order valence-corrected chi connectivity index (χ3v) is 5.10. The second-order valence-corrected chi connectivity index (χ2v) is 6.76. The van der Waals surface area contributed by atoms with Crippen molar-refractivity contribution in [2.45, 2.75) is 39.2 Å². The zero-order valence-electron chi connectivity index (χ0n) is 14.1. The first-order valence-corrected chi connectivity index (χ1v) is 8.59. The largest absolute Gasteiger partial charge is 0.372 e. The highest BCUT2D eigenvalue weighted by Gasteiger charge is 2.32. The van der Waals surface area contributed by atoms with Crippen molar-refractivity contribution < 1.29 is 4.79 Å². The van der Waals surface area contributed by atoms with E-state index >= 15 is 0 Å². The maximum absolute atomic E-state index is 12.7.